The molecule has 0 saturated heterocycles. The highest BCUT2D eigenvalue weighted by atomic mass is 79.9. The lowest BCUT2D eigenvalue weighted by Gasteiger charge is -2.59. The zero-order valence-electron chi connectivity index (χ0n) is 16.6. The van der Waals surface area contributed by atoms with Crippen LogP contribution in [-0.4, -0.2) is 31.8 Å². The number of rotatable bonds is 6. The molecule has 6 rings (SSSR count). The van der Waals surface area contributed by atoms with E-state index in [1.165, 1.54) is 6.07 Å². The largest absolute Gasteiger partial charge is 0.369 e. The number of hydrogen-bond donors (Lipinski definition) is 3. The topological polar surface area (TPSA) is 118 Å². The van der Waals surface area contributed by atoms with Crippen LogP contribution in [0.25, 0.3) is 0 Å². The summed E-state index contributed by atoms with van der Waals surface area (Å²) >= 11 is 3.28. The summed E-state index contributed by atoms with van der Waals surface area (Å²) in [5.74, 6) is 0.536. The zero-order valence-corrected chi connectivity index (χ0v) is 19.0. The van der Waals surface area contributed by atoms with Gasteiger partial charge in [0, 0.05) is 15.9 Å². The minimum absolute atomic E-state index is 0.00744. The van der Waals surface area contributed by atoms with Crippen LogP contribution in [0.15, 0.2) is 33.6 Å². The van der Waals surface area contributed by atoms with E-state index in [0.29, 0.717) is 23.2 Å². The summed E-state index contributed by atoms with van der Waals surface area (Å²) in [5, 5.41) is 3.18. The first-order valence-corrected chi connectivity index (χ1v) is 12.8. The Hall–Kier alpha value is -1.45. The molecule has 5 aliphatic carbocycles. The summed E-state index contributed by atoms with van der Waals surface area (Å²) < 4.78 is 28.9. The molecular weight excluding hydrogens is 470 g/mol. The SMILES string of the molecule is NC(=O)C12CC3CC(C1)C(NC(=O)C1(NS(=O)(=O)c4ccccc4Br)CC1)C(C3)C2. The summed E-state index contributed by atoms with van der Waals surface area (Å²) in [4.78, 5) is 25.4. The van der Waals surface area contributed by atoms with Gasteiger partial charge in [-0.2, -0.15) is 4.72 Å². The van der Waals surface area contributed by atoms with Crippen LogP contribution in [0, 0.1) is 23.2 Å². The average molecular weight is 496 g/mol. The van der Waals surface area contributed by atoms with Crippen molar-refractivity contribution in [1.82, 2.24) is 10.0 Å². The second-order valence-corrected chi connectivity index (χ2v) is 12.2. The fraction of sp³-hybridized carbons (Fsp3) is 0.619. The van der Waals surface area contributed by atoms with Gasteiger partial charge in [0.25, 0.3) is 0 Å². The highest BCUT2D eigenvalue weighted by molar-refractivity contribution is 9.10. The Labute approximate surface area is 184 Å². The van der Waals surface area contributed by atoms with Crippen LogP contribution in [0.4, 0.5) is 0 Å². The summed E-state index contributed by atoms with van der Waals surface area (Å²) in [6, 6.07) is 6.57. The van der Waals surface area contributed by atoms with Crippen LogP contribution in [0.2, 0.25) is 0 Å². The molecule has 2 amide bonds. The second-order valence-electron chi connectivity index (χ2n) is 9.73. The van der Waals surface area contributed by atoms with Crippen molar-refractivity contribution in [2.45, 2.75) is 61.4 Å². The molecule has 5 aliphatic rings. The highest BCUT2D eigenvalue weighted by Crippen LogP contribution is 2.60. The maximum Gasteiger partial charge on any atom is 0.242 e. The molecule has 30 heavy (non-hydrogen) atoms. The first kappa shape index (κ1) is 20.5. The van der Waals surface area contributed by atoms with E-state index >= 15 is 0 Å². The minimum Gasteiger partial charge on any atom is -0.369 e. The van der Waals surface area contributed by atoms with E-state index in [1.54, 1.807) is 18.2 Å². The van der Waals surface area contributed by atoms with Gasteiger partial charge in [0.15, 0.2) is 0 Å². The molecule has 1 aromatic rings. The van der Waals surface area contributed by atoms with Gasteiger partial charge in [-0.25, -0.2) is 8.42 Å². The molecule has 0 radical (unpaired) electrons. The maximum absolute atomic E-state index is 13.2. The summed E-state index contributed by atoms with van der Waals surface area (Å²) in [5.41, 5.74) is 4.26. The molecular formula is C21H26BrN3O4S. The summed E-state index contributed by atoms with van der Waals surface area (Å²) in [6.07, 6.45) is 5.33. The Kier molecular flexibility index (Phi) is 4.62. The van der Waals surface area contributed by atoms with Crippen molar-refractivity contribution in [3.05, 3.63) is 28.7 Å². The van der Waals surface area contributed by atoms with Gasteiger partial charge in [-0.1, -0.05) is 12.1 Å². The van der Waals surface area contributed by atoms with E-state index in [-0.39, 0.29) is 34.6 Å². The standard InChI is InChI=1S/C21H26BrN3O4S/c22-15-3-1-2-4-16(15)30(28,29)25-21(5-6-21)19(27)24-17-13-7-12-8-14(17)11-20(9-12,10-13)18(23)26/h1-4,12-14,17,25H,5-11H2,(H2,23,26)(H,24,27). The Morgan fingerprint density at radius 2 is 1.70 bits per heavy atom. The second kappa shape index (κ2) is 6.77. The van der Waals surface area contributed by atoms with E-state index in [0.717, 1.165) is 32.1 Å². The van der Waals surface area contributed by atoms with Gasteiger partial charge in [-0.15, -0.1) is 0 Å². The van der Waals surface area contributed by atoms with E-state index in [1.807, 2.05) is 0 Å². The Bertz CT molecular complexity index is 1010. The molecule has 4 bridgehead atoms. The van der Waals surface area contributed by atoms with Crippen LogP contribution in [0.3, 0.4) is 0 Å². The number of primary amides is 1. The average Bonchev–Trinajstić information content (AvgIpc) is 3.44. The highest BCUT2D eigenvalue weighted by Gasteiger charge is 2.60. The number of halogens is 1. The van der Waals surface area contributed by atoms with Crippen LogP contribution in [0.1, 0.15) is 44.9 Å². The summed E-state index contributed by atoms with van der Waals surface area (Å²) in [6.45, 7) is 0. The molecule has 2 unspecified atom stereocenters. The quantitative estimate of drug-likeness (QED) is 0.559. The zero-order chi connectivity index (χ0) is 21.3. The van der Waals surface area contributed by atoms with Crippen molar-refractivity contribution in [2.24, 2.45) is 28.9 Å². The number of amides is 2. The Morgan fingerprint density at radius 1 is 1.07 bits per heavy atom. The minimum atomic E-state index is -3.83. The van der Waals surface area contributed by atoms with Crippen LogP contribution in [0.5, 0.6) is 0 Å². The lowest BCUT2D eigenvalue weighted by molar-refractivity contribution is -0.147. The molecule has 0 spiro atoms. The molecule has 0 heterocycles. The number of nitrogens with one attached hydrogen (secondary N) is 2. The van der Waals surface area contributed by atoms with E-state index < -0.39 is 21.0 Å². The Balaban J connectivity index is 1.32. The predicted molar refractivity (Wildman–Crippen MR) is 114 cm³/mol. The fourth-order valence-corrected chi connectivity index (χ4v) is 8.75. The normalized spacial score (nSPS) is 35.8. The number of sulfonamides is 1. The maximum atomic E-state index is 13.2. The molecule has 7 nitrogen and oxygen atoms in total. The molecule has 4 N–H and O–H groups in total. The molecule has 1 aromatic carbocycles. The molecule has 2 atom stereocenters. The van der Waals surface area contributed by atoms with Gasteiger partial charge in [-0.05, 0) is 90.8 Å². The number of carbonyl (C=O) groups is 2. The van der Waals surface area contributed by atoms with Gasteiger partial charge >= 0.3 is 0 Å². The smallest absolute Gasteiger partial charge is 0.242 e. The number of hydrogen-bond acceptors (Lipinski definition) is 4. The van der Waals surface area contributed by atoms with E-state index in [2.05, 4.69) is 26.0 Å². The first-order valence-electron chi connectivity index (χ1n) is 10.5. The number of carbonyl (C=O) groups excluding carboxylic acids is 2. The van der Waals surface area contributed by atoms with Crippen LogP contribution < -0.4 is 15.8 Å². The van der Waals surface area contributed by atoms with Gasteiger partial charge in [0.05, 0.1) is 4.90 Å². The molecule has 0 aromatic heterocycles. The number of benzene rings is 1. The van der Waals surface area contributed by atoms with E-state index in [9.17, 15) is 18.0 Å². The lowest BCUT2D eigenvalue weighted by atomic mass is 9.47. The third-order valence-corrected chi connectivity index (χ3v) is 10.3. The third kappa shape index (κ3) is 3.20. The van der Waals surface area contributed by atoms with Gasteiger partial charge in [0.1, 0.15) is 5.54 Å². The molecule has 162 valence electrons. The van der Waals surface area contributed by atoms with Crippen LogP contribution in [-0.2, 0) is 19.6 Å². The van der Waals surface area contributed by atoms with Crippen molar-refractivity contribution in [1.29, 1.82) is 0 Å². The van der Waals surface area contributed by atoms with Crippen LogP contribution >= 0.6 is 15.9 Å². The summed E-state index contributed by atoms with van der Waals surface area (Å²) in [7, 11) is -3.83. The van der Waals surface area contributed by atoms with Gasteiger partial charge in [0.2, 0.25) is 21.8 Å². The molecule has 5 saturated carbocycles. The number of nitrogens with two attached hydrogens (primary N) is 1. The third-order valence-electron chi connectivity index (χ3n) is 7.73. The fourth-order valence-electron chi connectivity index (χ4n) is 6.33. The molecule has 9 heteroatoms. The lowest BCUT2D eigenvalue weighted by Crippen LogP contribution is -2.63. The van der Waals surface area contributed by atoms with Crippen molar-refractivity contribution in [3.8, 4) is 0 Å². The van der Waals surface area contributed by atoms with Gasteiger partial charge in [-0.3, -0.25) is 9.59 Å². The Morgan fingerprint density at radius 3 is 2.27 bits per heavy atom. The first-order chi connectivity index (χ1) is 14.1. The van der Waals surface area contributed by atoms with Gasteiger partial charge < -0.3 is 11.1 Å². The molecule has 0 aliphatic heterocycles. The van der Waals surface area contributed by atoms with Crippen molar-refractivity contribution in [2.75, 3.05) is 0 Å². The van der Waals surface area contributed by atoms with Crippen molar-refractivity contribution >= 4 is 37.8 Å². The van der Waals surface area contributed by atoms with Crippen molar-refractivity contribution < 1.29 is 18.0 Å². The van der Waals surface area contributed by atoms with E-state index in [4.69, 9.17) is 5.73 Å². The van der Waals surface area contributed by atoms with Crippen molar-refractivity contribution in [3.63, 3.8) is 0 Å². The monoisotopic (exact) mass is 495 g/mol. The predicted octanol–water partition coefficient (Wildman–Crippen LogP) is 2.06. The molecule has 5 fully saturated rings.